The van der Waals surface area contributed by atoms with E-state index in [9.17, 15) is 10.5 Å². The molecule has 0 aliphatic rings. The van der Waals surface area contributed by atoms with Crippen molar-refractivity contribution in [2.45, 2.75) is 6.92 Å². The predicted molar refractivity (Wildman–Crippen MR) is 118 cm³/mol. The molecule has 1 N–H and O–H groups in total. The van der Waals surface area contributed by atoms with E-state index in [1.807, 2.05) is 12.1 Å². The zero-order valence-electron chi connectivity index (χ0n) is 15.2. The van der Waals surface area contributed by atoms with Gasteiger partial charge >= 0.3 is 0 Å². The number of rotatable bonds is 4. The van der Waals surface area contributed by atoms with Gasteiger partial charge in [0.05, 0.1) is 22.5 Å². The highest BCUT2D eigenvalue weighted by atomic mass is 35.5. The molecular formula is C22H13Cl3N4. The van der Waals surface area contributed by atoms with Crippen LogP contribution in [-0.2, 0) is 0 Å². The summed E-state index contributed by atoms with van der Waals surface area (Å²) in [5, 5.41) is 23.9. The lowest BCUT2D eigenvalue weighted by molar-refractivity contribution is 1.15. The second kappa shape index (κ2) is 8.99. The van der Waals surface area contributed by atoms with Gasteiger partial charge in [-0.2, -0.15) is 10.5 Å². The van der Waals surface area contributed by atoms with Crippen molar-refractivity contribution in [1.29, 1.82) is 10.5 Å². The van der Waals surface area contributed by atoms with Crippen LogP contribution in [0.1, 0.15) is 22.5 Å². The lowest BCUT2D eigenvalue weighted by atomic mass is 9.93. The van der Waals surface area contributed by atoms with Crippen LogP contribution >= 0.6 is 34.8 Å². The van der Waals surface area contributed by atoms with Crippen LogP contribution < -0.4 is 5.32 Å². The molecule has 0 amide bonds. The number of benzene rings is 2. The Morgan fingerprint density at radius 3 is 2.21 bits per heavy atom. The molecular weight excluding hydrogens is 427 g/mol. The summed E-state index contributed by atoms with van der Waals surface area (Å²) in [5.41, 5.74) is 2.94. The monoisotopic (exact) mass is 438 g/mol. The third-order valence-corrected chi connectivity index (χ3v) is 5.02. The van der Waals surface area contributed by atoms with Crippen molar-refractivity contribution in [3.05, 3.63) is 86.2 Å². The quantitative estimate of drug-likeness (QED) is 0.483. The minimum atomic E-state index is 0.214. The van der Waals surface area contributed by atoms with Crippen LogP contribution in [0.25, 0.3) is 17.2 Å². The molecule has 29 heavy (non-hydrogen) atoms. The second-order valence-corrected chi connectivity index (χ2v) is 7.27. The highest BCUT2D eigenvalue weighted by Gasteiger charge is 2.22. The highest BCUT2D eigenvalue weighted by Crippen LogP contribution is 2.40. The Labute approximate surface area is 183 Å². The fourth-order valence-electron chi connectivity index (χ4n) is 2.88. The van der Waals surface area contributed by atoms with Gasteiger partial charge in [0.2, 0.25) is 0 Å². The van der Waals surface area contributed by atoms with Crippen molar-refractivity contribution in [3.63, 3.8) is 0 Å². The molecule has 0 aliphatic heterocycles. The number of pyridine rings is 1. The highest BCUT2D eigenvalue weighted by molar-refractivity contribution is 6.39. The van der Waals surface area contributed by atoms with Crippen molar-refractivity contribution in [3.8, 4) is 23.3 Å². The van der Waals surface area contributed by atoms with Crippen LogP contribution in [0.15, 0.2) is 48.7 Å². The summed E-state index contributed by atoms with van der Waals surface area (Å²) in [6, 6.07) is 16.5. The van der Waals surface area contributed by atoms with Crippen molar-refractivity contribution in [2.24, 2.45) is 0 Å². The molecule has 0 bridgehead atoms. The van der Waals surface area contributed by atoms with Gasteiger partial charge in [-0.3, -0.25) is 4.98 Å². The van der Waals surface area contributed by atoms with Crippen molar-refractivity contribution in [1.82, 2.24) is 4.98 Å². The first kappa shape index (κ1) is 20.7. The topological polar surface area (TPSA) is 72.5 Å². The van der Waals surface area contributed by atoms with Crippen LogP contribution in [-0.4, -0.2) is 4.98 Å². The van der Waals surface area contributed by atoms with Gasteiger partial charge in [0.15, 0.2) is 0 Å². The molecule has 1 aromatic heterocycles. The van der Waals surface area contributed by atoms with E-state index in [0.29, 0.717) is 37.6 Å². The molecule has 0 spiro atoms. The summed E-state index contributed by atoms with van der Waals surface area (Å²) < 4.78 is 0. The molecule has 0 aliphatic carbocycles. The van der Waals surface area contributed by atoms with Crippen LogP contribution in [0.3, 0.4) is 0 Å². The Morgan fingerprint density at radius 2 is 1.59 bits per heavy atom. The maximum atomic E-state index is 9.85. The summed E-state index contributed by atoms with van der Waals surface area (Å²) in [6.45, 7) is 1.70. The first-order valence-electron chi connectivity index (χ1n) is 8.44. The van der Waals surface area contributed by atoms with Gasteiger partial charge in [-0.25, -0.2) is 0 Å². The van der Waals surface area contributed by atoms with E-state index in [-0.39, 0.29) is 11.1 Å². The molecule has 4 nitrogen and oxygen atoms in total. The standard InChI is InChI=1S/C22H13Cl3N4/c1-13-16(11-26)21(22-18(24)6-3-7-19(22)25)17(12-27)20(29-13)8-9-28-15-5-2-4-14(23)10-15/h2-10,28H,1H3. The Morgan fingerprint density at radius 1 is 0.931 bits per heavy atom. The molecule has 0 atom stereocenters. The molecule has 142 valence electrons. The zero-order chi connectivity index (χ0) is 21.0. The minimum Gasteiger partial charge on any atom is -0.362 e. The molecule has 2 aromatic carbocycles. The van der Waals surface area contributed by atoms with Crippen molar-refractivity contribution in [2.75, 3.05) is 5.32 Å². The van der Waals surface area contributed by atoms with Crippen LogP contribution in [0.2, 0.25) is 15.1 Å². The van der Waals surface area contributed by atoms with Gasteiger partial charge in [-0.1, -0.05) is 46.9 Å². The second-order valence-electron chi connectivity index (χ2n) is 6.02. The van der Waals surface area contributed by atoms with Crippen LogP contribution in [0.5, 0.6) is 0 Å². The fraction of sp³-hybridized carbons (Fsp3) is 0.0455. The van der Waals surface area contributed by atoms with Crippen molar-refractivity contribution >= 4 is 46.6 Å². The van der Waals surface area contributed by atoms with Gasteiger partial charge in [0.25, 0.3) is 0 Å². The number of nitriles is 2. The van der Waals surface area contributed by atoms with Gasteiger partial charge < -0.3 is 5.32 Å². The lowest BCUT2D eigenvalue weighted by Crippen LogP contribution is -2.02. The third kappa shape index (κ3) is 4.36. The van der Waals surface area contributed by atoms with Gasteiger partial charge in [0.1, 0.15) is 12.1 Å². The normalized spacial score (nSPS) is 10.6. The van der Waals surface area contributed by atoms with E-state index in [2.05, 4.69) is 22.4 Å². The minimum absolute atomic E-state index is 0.214. The summed E-state index contributed by atoms with van der Waals surface area (Å²) in [6.07, 6.45) is 3.31. The summed E-state index contributed by atoms with van der Waals surface area (Å²) in [5.74, 6) is 0. The largest absolute Gasteiger partial charge is 0.362 e. The lowest BCUT2D eigenvalue weighted by Gasteiger charge is -2.14. The predicted octanol–water partition coefficient (Wildman–Crippen LogP) is 6.84. The van der Waals surface area contributed by atoms with E-state index >= 15 is 0 Å². The van der Waals surface area contributed by atoms with Crippen LogP contribution in [0, 0.1) is 29.6 Å². The molecule has 3 rings (SSSR count). The number of aryl methyl sites for hydroxylation is 1. The number of anilines is 1. The van der Waals surface area contributed by atoms with E-state index < -0.39 is 0 Å². The number of nitrogens with zero attached hydrogens (tertiary/aromatic N) is 3. The molecule has 1 heterocycles. The van der Waals surface area contributed by atoms with Gasteiger partial charge in [-0.05, 0) is 43.3 Å². The number of aromatic nitrogens is 1. The average molecular weight is 440 g/mol. The maximum absolute atomic E-state index is 9.85. The number of hydrogen-bond donors (Lipinski definition) is 1. The Hall–Kier alpha value is -3.02. The number of nitrogens with one attached hydrogen (secondary N) is 1. The molecule has 0 saturated carbocycles. The SMILES string of the molecule is Cc1nc(C=CNc2cccc(Cl)c2)c(C#N)c(-c2c(Cl)cccc2Cl)c1C#N. The summed E-state index contributed by atoms with van der Waals surface area (Å²) in [4.78, 5) is 4.42. The van der Waals surface area contributed by atoms with Crippen molar-refractivity contribution < 1.29 is 0 Å². The Balaban J connectivity index is 2.15. The summed E-state index contributed by atoms with van der Waals surface area (Å²) >= 11 is 18.7. The molecule has 7 heteroatoms. The molecule has 0 fully saturated rings. The molecule has 3 aromatic rings. The Bertz CT molecular complexity index is 1180. The van der Waals surface area contributed by atoms with Gasteiger partial charge in [0, 0.05) is 38.1 Å². The number of halogens is 3. The zero-order valence-corrected chi connectivity index (χ0v) is 17.4. The van der Waals surface area contributed by atoms with Gasteiger partial charge in [-0.15, -0.1) is 0 Å². The van der Waals surface area contributed by atoms with E-state index in [1.165, 1.54) is 0 Å². The first-order valence-corrected chi connectivity index (χ1v) is 9.57. The third-order valence-electron chi connectivity index (χ3n) is 4.16. The van der Waals surface area contributed by atoms with Crippen LogP contribution in [0.4, 0.5) is 5.69 Å². The molecule has 0 unspecified atom stereocenters. The average Bonchev–Trinajstić information content (AvgIpc) is 2.68. The molecule has 0 saturated heterocycles. The van der Waals surface area contributed by atoms with E-state index in [4.69, 9.17) is 34.8 Å². The summed E-state index contributed by atoms with van der Waals surface area (Å²) in [7, 11) is 0. The Kier molecular flexibility index (Phi) is 6.42. The maximum Gasteiger partial charge on any atom is 0.102 e. The smallest absolute Gasteiger partial charge is 0.102 e. The molecule has 0 radical (unpaired) electrons. The van der Waals surface area contributed by atoms with E-state index in [1.54, 1.807) is 49.5 Å². The van der Waals surface area contributed by atoms with E-state index in [0.717, 1.165) is 5.69 Å². The number of hydrogen-bond acceptors (Lipinski definition) is 4. The first-order chi connectivity index (χ1) is 14.0. The fourth-order valence-corrected chi connectivity index (χ4v) is 3.66.